The second kappa shape index (κ2) is 5.44. The monoisotopic (exact) mass is 264 g/mol. The molecule has 1 aromatic heterocycles. The lowest BCUT2D eigenvalue weighted by molar-refractivity contribution is 0.416. The van der Waals surface area contributed by atoms with Crippen molar-refractivity contribution < 1.29 is 4.52 Å². The topological polar surface area (TPSA) is 52.0 Å². The van der Waals surface area contributed by atoms with E-state index < -0.39 is 0 Å². The molecule has 18 heavy (non-hydrogen) atoms. The average Bonchev–Trinajstić information content (AvgIpc) is 2.74. The molecule has 2 aromatic rings. The van der Waals surface area contributed by atoms with E-state index in [0.29, 0.717) is 16.8 Å². The van der Waals surface area contributed by atoms with Crippen LogP contribution in [0.1, 0.15) is 38.3 Å². The van der Waals surface area contributed by atoms with E-state index in [1.807, 2.05) is 24.3 Å². The van der Waals surface area contributed by atoms with E-state index in [1.165, 1.54) is 0 Å². The summed E-state index contributed by atoms with van der Waals surface area (Å²) in [5, 5.41) is 4.83. The van der Waals surface area contributed by atoms with Crippen LogP contribution < -0.4 is 5.73 Å². The molecule has 0 atom stereocenters. The fraction of sp³-hybridized carbons (Fsp3) is 0.357. The Morgan fingerprint density at radius 3 is 2.39 bits per heavy atom. The normalized spacial score (nSPS) is 11.1. The van der Waals surface area contributed by atoms with Crippen molar-refractivity contribution in [2.75, 3.05) is 5.73 Å². The summed E-state index contributed by atoms with van der Waals surface area (Å²) < 4.78 is 5.16. The predicted molar refractivity (Wildman–Crippen MR) is 74.7 cm³/mol. The molecule has 4 heteroatoms. The van der Waals surface area contributed by atoms with Crippen molar-refractivity contribution in [2.45, 2.75) is 32.6 Å². The van der Waals surface area contributed by atoms with Crippen molar-refractivity contribution in [3.63, 3.8) is 0 Å². The number of aromatic nitrogens is 1. The van der Waals surface area contributed by atoms with E-state index in [9.17, 15) is 0 Å². The van der Waals surface area contributed by atoms with Gasteiger partial charge < -0.3 is 10.3 Å². The van der Waals surface area contributed by atoms with E-state index in [0.717, 1.165) is 29.7 Å². The molecule has 96 valence electrons. The maximum Gasteiger partial charge on any atom is 0.230 e. The van der Waals surface area contributed by atoms with Gasteiger partial charge in [-0.05, 0) is 30.5 Å². The minimum atomic E-state index is 0.372. The van der Waals surface area contributed by atoms with Crippen LogP contribution in [0.3, 0.4) is 0 Å². The third-order valence-corrected chi connectivity index (χ3v) is 3.50. The van der Waals surface area contributed by atoms with Gasteiger partial charge in [0.2, 0.25) is 5.88 Å². The summed E-state index contributed by atoms with van der Waals surface area (Å²) >= 11 is 5.90. The van der Waals surface area contributed by atoms with Crippen molar-refractivity contribution in [3.05, 3.63) is 35.0 Å². The van der Waals surface area contributed by atoms with E-state index in [2.05, 4.69) is 19.0 Å². The number of benzene rings is 1. The Morgan fingerprint density at radius 1 is 1.22 bits per heavy atom. The first-order valence-corrected chi connectivity index (χ1v) is 6.56. The van der Waals surface area contributed by atoms with E-state index in [-0.39, 0.29) is 0 Å². The summed E-state index contributed by atoms with van der Waals surface area (Å²) in [4.78, 5) is 0. The molecule has 0 saturated carbocycles. The van der Waals surface area contributed by atoms with Crippen LogP contribution in [-0.2, 0) is 0 Å². The maximum absolute atomic E-state index is 5.90. The lowest BCUT2D eigenvalue weighted by Gasteiger charge is -2.11. The van der Waals surface area contributed by atoms with Crippen molar-refractivity contribution >= 4 is 17.5 Å². The molecule has 0 radical (unpaired) electrons. The highest BCUT2D eigenvalue weighted by Crippen LogP contribution is 2.36. The van der Waals surface area contributed by atoms with Gasteiger partial charge in [0, 0.05) is 10.9 Å². The standard InChI is InChI=1S/C14H17ClN2O/c1-3-9(4-2)13-12(14(16)18-17-13)10-5-7-11(15)8-6-10/h5-9H,3-4,16H2,1-2H3. The van der Waals surface area contributed by atoms with Gasteiger partial charge in [0.05, 0.1) is 11.3 Å². The summed E-state index contributed by atoms with van der Waals surface area (Å²) in [5.74, 6) is 0.746. The van der Waals surface area contributed by atoms with Gasteiger partial charge in [-0.1, -0.05) is 42.7 Å². The molecule has 1 aromatic carbocycles. The molecule has 2 rings (SSSR count). The Labute approximate surface area is 112 Å². The molecular weight excluding hydrogens is 248 g/mol. The Balaban J connectivity index is 2.49. The highest BCUT2D eigenvalue weighted by atomic mass is 35.5. The first kappa shape index (κ1) is 13.0. The summed E-state index contributed by atoms with van der Waals surface area (Å²) in [6.07, 6.45) is 2.03. The van der Waals surface area contributed by atoms with Gasteiger partial charge >= 0.3 is 0 Å². The highest BCUT2D eigenvalue weighted by molar-refractivity contribution is 6.30. The number of hydrogen-bond donors (Lipinski definition) is 1. The van der Waals surface area contributed by atoms with E-state index in [4.69, 9.17) is 21.9 Å². The number of rotatable bonds is 4. The third kappa shape index (κ3) is 2.36. The van der Waals surface area contributed by atoms with Gasteiger partial charge in [0.1, 0.15) is 0 Å². The molecule has 0 spiro atoms. The van der Waals surface area contributed by atoms with E-state index in [1.54, 1.807) is 0 Å². The van der Waals surface area contributed by atoms with Crippen LogP contribution in [0.25, 0.3) is 11.1 Å². The van der Waals surface area contributed by atoms with Crippen molar-refractivity contribution in [2.24, 2.45) is 0 Å². The number of hydrogen-bond acceptors (Lipinski definition) is 3. The molecule has 0 amide bonds. The molecule has 3 nitrogen and oxygen atoms in total. The van der Waals surface area contributed by atoms with Gasteiger partial charge in [-0.25, -0.2) is 0 Å². The first-order chi connectivity index (χ1) is 8.67. The predicted octanol–water partition coefficient (Wildman–Crippen LogP) is 4.48. The molecule has 0 saturated heterocycles. The van der Waals surface area contributed by atoms with Crippen LogP contribution in [0, 0.1) is 0 Å². The summed E-state index contributed by atoms with van der Waals surface area (Å²) in [5.41, 5.74) is 8.74. The number of halogens is 1. The van der Waals surface area contributed by atoms with Crippen LogP contribution in [0.2, 0.25) is 5.02 Å². The van der Waals surface area contributed by atoms with Crippen LogP contribution in [0.5, 0.6) is 0 Å². The highest BCUT2D eigenvalue weighted by Gasteiger charge is 2.21. The largest absolute Gasteiger partial charge is 0.367 e. The Hall–Kier alpha value is -1.48. The second-order valence-corrected chi connectivity index (χ2v) is 4.76. The quantitative estimate of drug-likeness (QED) is 0.886. The fourth-order valence-corrected chi connectivity index (χ4v) is 2.30. The zero-order valence-electron chi connectivity index (χ0n) is 10.6. The smallest absolute Gasteiger partial charge is 0.230 e. The molecule has 0 aliphatic heterocycles. The molecule has 1 heterocycles. The number of anilines is 1. The van der Waals surface area contributed by atoms with Gasteiger partial charge in [-0.3, -0.25) is 0 Å². The maximum atomic E-state index is 5.90. The van der Waals surface area contributed by atoms with E-state index >= 15 is 0 Å². The van der Waals surface area contributed by atoms with Gasteiger partial charge in [0.25, 0.3) is 0 Å². The molecule has 2 N–H and O–H groups in total. The minimum absolute atomic E-state index is 0.372. The third-order valence-electron chi connectivity index (χ3n) is 3.25. The van der Waals surface area contributed by atoms with Gasteiger partial charge in [-0.2, -0.15) is 0 Å². The molecule has 0 aliphatic carbocycles. The van der Waals surface area contributed by atoms with Crippen molar-refractivity contribution in [1.29, 1.82) is 0 Å². The van der Waals surface area contributed by atoms with Gasteiger partial charge in [0.15, 0.2) is 0 Å². The first-order valence-electron chi connectivity index (χ1n) is 6.18. The molecule has 0 unspecified atom stereocenters. The summed E-state index contributed by atoms with van der Waals surface area (Å²) in [6.45, 7) is 4.29. The second-order valence-electron chi connectivity index (χ2n) is 4.33. The molecule has 0 bridgehead atoms. The zero-order valence-corrected chi connectivity index (χ0v) is 11.4. The van der Waals surface area contributed by atoms with Crippen LogP contribution in [0.15, 0.2) is 28.8 Å². The fourth-order valence-electron chi connectivity index (χ4n) is 2.18. The van der Waals surface area contributed by atoms with Crippen LogP contribution >= 0.6 is 11.6 Å². The minimum Gasteiger partial charge on any atom is -0.367 e. The molecule has 0 fully saturated rings. The average molecular weight is 265 g/mol. The SMILES string of the molecule is CCC(CC)c1noc(N)c1-c1ccc(Cl)cc1. The molecular formula is C14H17ClN2O. The number of nitrogens with zero attached hydrogens (tertiary/aromatic N) is 1. The Kier molecular flexibility index (Phi) is 3.92. The number of nitrogen functional groups attached to an aromatic ring is 1. The summed E-state index contributed by atoms with van der Waals surface area (Å²) in [6, 6.07) is 7.58. The van der Waals surface area contributed by atoms with Crippen molar-refractivity contribution in [3.8, 4) is 11.1 Å². The number of nitrogens with two attached hydrogens (primary N) is 1. The van der Waals surface area contributed by atoms with Crippen LogP contribution in [0.4, 0.5) is 5.88 Å². The Morgan fingerprint density at radius 2 is 1.83 bits per heavy atom. The zero-order chi connectivity index (χ0) is 13.1. The lowest BCUT2D eigenvalue weighted by Crippen LogP contribution is -1.98. The Bertz CT molecular complexity index is 515. The van der Waals surface area contributed by atoms with Gasteiger partial charge in [-0.15, -0.1) is 0 Å². The summed E-state index contributed by atoms with van der Waals surface area (Å²) in [7, 11) is 0. The molecule has 0 aliphatic rings. The van der Waals surface area contributed by atoms with Crippen LogP contribution in [-0.4, -0.2) is 5.16 Å². The lowest BCUT2D eigenvalue weighted by atomic mass is 9.93. The van der Waals surface area contributed by atoms with Crippen molar-refractivity contribution in [1.82, 2.24) is 5.16 Å².